The summed E-state index contributed by atoms with van der Waals surface area (Å²) in [4.78, 5) is 8.18. The summed E-state index contributed by atoms with van der Waals surface area (Å²) in [5.41, 5.74) is 6.45. The topological polar surface area (TPSA) is 61.0 Å². The van der Waals surface area contributed by atoms with Crippen molar-refractivity contribution in [3.8, 4) is 11.4 Å². The van der Waals surface area contributed by atoms with Crippen molar-refractivity contribution in [3.63, 3.8) is 0 Å². The summed E-state index contributed by atoms with van der Waals surface area (Å²) in [5.74, 6) is -0.110. The van der Waals surface area contributed by atoms with Crippen molar-refractivity contribution in [2.75, 3.05) is 12.8 Å². The van der Waals surface area contributed by atoms with Gasteiger partial charge in [0.05, 0.1) is 22.9 Å². The predicted molar refractivity (Wildman–Crippen MR) is 67.6 cm³/mol. The first kappa shape index (κ1) is 12.7. The summed E-state index contributed by atoms with van der Waals surface area (Å²) in [5, 5.41) is 0.0202. The van der Waals surface area contributed by atoms with Crippen LogP contribution in [-0.2, 0) is 11.3 Å². The molecule has 0 fully saturated rings. The maximum absolute atomic E-state index is 13.9. The number of aromatic nitrogens is 2. The highest BCUT2D eigenvalue weighted by atomic mass is 35.5. The van der Waals surface area contributed by atoms with Gasteiger partial charge in [0.2, 0.25) is 0 Å². The second-order valence-corrected chi connectivity index (χ2v) is 4.05. The van der Waals surface area contributed by atoms with E-state index in [0.29, 0.717) is 5.69 Å². The third-order valence-electron chi connectivity index (χ3n) is 2.28. The summed E-state index contributed by atoms with van der Waals surface area (Å²) in [7, 11) is 1.54. The lowest BCUT2D eigenvalue weighted by molar-refractivity contribution is 0.181. The highest BCUT2D eigenvalue weighted by molar-refractivity contribution is 6.31. The molecular weight excluding hydrogens is 257 g/mol. The molecule has 2 N–H and O–H groups in total. The van der Waals surface area contributed by atoms with Gasteiger partial charge in [0, 0.05) is 13.2 Å². The van der Waals surface area contributed by atoms with Crippen molar-refractivity contribution in [2.24, 2.45) is 0 Å². The Morgan fingerprint density at radius 3 is 2.89 bits per heavy atom. The summed E-state index contributed by atoms with van der Waals surface area (Å²) in [6.45, 7) is 0.280. The minimum atomic E-state index is -0.562. The highest BCUT2D eigenvalue weighted by Crippen LogP contribution is 2.25. The zero-order valence-electron chi connectivity index (χ0n) is 9.65. The van der Waals surface area contributed by atoms with Gasteiger partial charge in [0.25, 0.3) is 0 Å². The van der Waals surface area contributed by atoms with Crippen LogP contribution in [-0.4, -0.2) is 17.1 Å². The number of hydrogen-bond donors (Lipinski definition) is 1. The fraction of sp³-hybridized carbons (Fsp3) is 0.167. The molecule has 0 aliphatic heterocycles. The van der Waals surface area contributed by atoms with Gasteiger partial charge in [-0.05, 0) is 12.1 Å². The van der Waals surface area contributed by atoms with E-state index < -0.39 is 5.82 Å². The van der Waals surface area contributed by atoms with E-state index in [1.54, 1.807) is 18.2 Å². The van der Waals surface area contributed by atoms with Crippen molar-refractivity contribution in [1.82, 2.24) is 9.97 Å². The molecular formula is C12H11ClFN3O. The fourth-order valence-electron chi connectivity index (χ4n) is 1.54. The lowest BCUT2D eigenvalue weighted by atomic mass is 10.2. The largest absolute Gasteiger partial charge is 0.384 e. The average Bonchev–Trinajstić information content (AvgIpc) is 2.32. The van der Waals surface area contributed by atoms with E-state index in [0.717, 1.165) is 0 Å². The van der Waals surface area contributed by atoms with Crippen molar-refractivity contribution >= 4 is 17.4 Å². The van der Waals surface area contributed by atoms with Crippen molar-refractivity contribution in [3.05, 3.63) is 40.8 Å². The molecule has 1 aromatic carbocycles. The Morgan fingerprint density at radius 2 is 2.17 bits per heavy atom. The number of anilines is 1. The van der Waals surface area contributed by atoms with Crippen LogP contribution in [0.2, 0.25) is 5.02 Å². The Kier molecular flexibility index (Phi) is 3.74. The van der Waals surface area contributed by atoms with Crippen LogP contribution in [0.1, 0.15) is 5.69 Å². The van der Waals surface area contributed by atoms with Gasteiger partial charge < -0.3 is 10.5 Å². The highest BCUT2D eigenvalue weighted by Gasteiger charge is 2.12. The van der Waals surface area contributed by atoms with Gasteiger partial charge in [-0.15, -0.1) is 0 Å². The molecule has 2 aromatic rings. The summed E-state index contributed by atoms with van der Waals surface area (Å²) in [6.07, 6.45) is 0. The Labute approximate surface area is 109 Å². The lowest BCUT2D eigenvalue weighted by Crippen LogP contribution is -2.02. The Bertz CT molecular complexity index is 577. The molecule has 1 aromatic heterocycles. The summed E-state index contributed by atoms with van der Waals surface area (Å²) < 4.78 is 18.8. The number of halogens is 2. The second-order valence-electron chi connectivity index (χ2n) is 3.64. The van der Waals surface area contributed by atoms with Crippen molar-refractivity contribution < 1.29 is 9.13 Å². The van der Waals surface area contributed by atoms with Gasteiger partial charge in [-0.25, -0.2) is 14.4 Å². The molecule has 0 amide bonds. The Morgan fingerprint density at radius 1 is 1.39 bits per heavy atom. The van der Waals surface area contributed by atoms with Crippen LogP contribution in [0, 0.1) is 5.82 Å². The molecule has 1 heterocycles. The normalized spacial score (nSPS) is 10.6. The number of nitrogens with zero attached hydrogens (tertiary/aromatic N) is 2. The molecule has 0 radical (unpaired) electrons. The first-order valence-electron chi connectivity index (χ1n) is 5.18. The van der Waals surface area contributed by atoms with Crippen molar-refractivity contribution in [1.29, 1.82) is 0 Å². The fourth-order valence-corrected chi connectivity index (χ4v) is 1.71. The molecule has 94 valence electrons. The van der Waals surface area contributed by atoms with Gasteiger partial charge in [-0.2, -0.15) is 0 Å². The molecule has 6 heteroatoms. The van der Waals surface area contributed by atoms with Crippen LogP contribution in [0.4, 0.5) is 10.2 Å². The SMILES string of the molecule is COCc1cc(N)nc(-c2cccc(Cl)c2F)n1. The molecule has 18 heavy (non-hydrogen) atoms. The smallest absolute Gasteiger partial charge is 0.164 e. The molecule has 0 aliphatic carbocycles. The third kappa shape index (κ3) is 2.57. The molecule has 0 saturated carbocycles. The van der Waals surface area contributed by atoms with Gasteiger partial charge in [-0.3, -0.25) is 0 Å². The van der Waals surface area contributed by atoms with Crippen LogP contribution in [0.25, 0.3) is 11.4 Å². The first-order chi connectivity index (χ1) is 8.61. The monoisotopic (exact) mass is 267 g/mol. The van der Waals surface area contributed by atoms with Crippen LogP contribution >= 0.6 is 11.6 Å². The number of methoxy groups -OCH3 is 1. The predicted octanol–water partition coefficient (Wildman–Crippen LogP) is 2.66. The van der Waals surface area contributed by atoms with E-state index in [9.17, 15) is 4.39 Å². The molecule has 0 saturated heterocycles. The Balaban J connectivity index is 2.53. The molecule has 0 unspecified atom stereocenters. The second kappa shape index (κ2) is 5.29. The third-order valence-corrected chi connectivity index (χ3v) is 2.58. The van der Waals surface area contributed by atoms with Gasteiger partial charge in [0.15, 0.2) is 11.6 Å². The lowest BCUT2D eigenvalue weighted by Gasteiger charge is -2.06. The average molecular weight is 268 g/mol. The maximum Gasteiger partial charge on any atom is 0.164 e. The molecule has 2 rings (SSSR count). The molecule has 0 bridgehead atoms. The number of benzene rings is 1. The number of nitrogen functional groups attached to an aromatic ring is 1. The van der Waals surface area contributed by atoms with E-state index >= 15 is 0 Å². The molecule has 4 nitrogen and oxygen atoms in total. The zero-order chi connectivity index (χ0) is 13.1. The van der Waals surface area contributed by atoms with E-state index in [-0.39, 0.29) is 28.8 Å². The minimum absolute atomic E-state index is 0.0202. The standard InChI is InChI=1S/C12H11ClFN3O/c1-18-6-7-5-10(15)17-12(16-7)8-3-2-4-9(13)11(8)14/h2-5H,6H2,1H3,(H2,15,16,17). The summed E-state index contributed by atoms with van der Waals surface area (Å²) in [6, 6.07) is 6.22. The van der Waals surface area contributed by atoms with Crippen LogP contribution in [0.3, 0.4) is 0 Å². The number of hydrogen-bond acceptors (Lipinski definition) is 4. The van der Waals surface area contributed by atoms with Gasteiger partial charge >= 0.3 is 0 Å². The minimum Gasteiger partial charge on any atom is -0.384 e. The maximum atomic E-state index is 13.9. The van der Waals surface area contributed by atoms with E-state index in [2.05, 4.69) is 9.97 Å². The summed E-state index contributed by atoms with van der Waals surface area (Å²) >= 11 is 5.72. The van der Waals surface area contributed by atoms with E-state index in [4.69, 9.17) is 22.1 Å². The first-order valence-corrected chi connectivity index (χ1v) is 5.56. The van der Waals surface area contributed by atoms with Gasteiger partial charge in [-0.1, -0.05) is 17.7 Å². The number of nitrogens with two attached hydrogens (primary N) is 1. The Hall–Kier alpha value is -1.72. The number of ether oxygens (including phenoxy) is 1. The quantitative estimate of drug-likeness (QED) is 0.929. The number of rotatable bonds is 3. The molecule has 0 atom stereocenters. The van der Waals surface area contributed by atoms with E-state index in [1.165, 1.54) is 13.2 Å². The molecule has 0 spiro atoms. The molecule has 0 aliphatic rings. The van der Waals surface area contributed by atoms with Crippen LogP contribution in [0.15, 0.2) is 24.3 Å². The van der Waals surface area contributed by atoms with Crippen LogP contribution in [0.5, 0.6) is 0 Å². The van der Waals surface area contributed by atoms with Crippen molar-refractivity contribution in [2.45, 2.75) is 6.61 Å². The zero-order valence-corrected chi connectivity index (χ0v) is 10.4. The van der Waals surface area contributed by atoms with E-state index in [1.807, 2.05) is 0 Å². The van der Waals surface area contributed by atoms with Crippen LogP contribution < -0.4 is 5.73 Å². The van der Waals surface area contributed by atoms with Gasteiger partial charge in [0.1, 0.15) is 5.82 Å².